The Labute approximate surface area is 181 Å². The summed E-state index contributed by atoms with van der Waals surface area (Å²) >= 11 is 2.74. The summed E-state index contributed by atoms with van der Waals surface area (Å²) < 4.78 is 6.00. The second kappa shape index (κ2) is 9.15. The fraction of sp³-hybridized carbons (Fsp3) is 0.182. The molecule has 2 aromatic heterocycles. The number of amides is 1. The highest BCUT2D eigenvalue weighted by atomic mass is 32.1. The number of carbonyl (C=O) groups is 2. The van der Waals surface area contributed by atoms with Gasteiger partial charge in [-0.3, -0.25) is 4.79 Å². The van der Waals surface area contributed by atoms with Crippen LogP contribution in [0.3, 0.4) is 0 Å². The van der Waals surface area contributed by atoms with Crippen molar-refractivity contribution in [2.75, 3.05) is 6.61 Å². The van der Waals surface area contributed by atoms with Crippen LogP contribution in [-0.2, 0) is 22.5 Å². The highest BCUT2D eigenvalue weighted by Gasteiger charge is 2.13. The maximum Gasteiger partial charge on any atom is 0.349 e. The van der Waals surface area contributed by atoms with Crippen molar-refractivity contribution in [3.8, 4) is 11.1 Å². The maximum absolute atomic E-state index is 12.3. The molecule has 6 nitrogen and oxygen atoms in total. The van der Waals surface area contributed by atoms with Gasteiger partial charge >= 0.3 is 5.97 Å². The first kappa shape index (κ1) is 20.2. The van der Waals surface area contributed by atoms with Crippen molar-refractivity contribution in [3.63, 3.8) is 0 Å². The minimum atomic E-state index is -0.392. The van der Waals surface area contributed by atoms with Crippen LogP contribution in [0.4, 0.5) is 0 Å². The molecular weight excluding hydrogens is 418 g/mol. The second-order valence-electron chi connectivity index (χ2n) is 6.45. The molecule has 0 aliphatic carbocycles. The van der Waals surface area contributed by atoms with E-state index in [1.54, 1.807) is 6.92 Å². The first-order chi connectivity index (χ1) is 14.6. The van der Waals surface area contributed by atoms with E-state index >= 15 is 0 Å². The number of ether oxygens (including phenoxy) is 1. The minimum absolute atomic E-state index is 0.134. The number of hydrogen-bond donors (Lipinski definition) is 1. The predicted octanol–water partition coefficient (Wildman–Crippen LogP) is 4.46. The minimum Gasteiger partial charge on any atom is -0.462 e. The Morgan fingerprint density at radius 1 is 1.03 bits per heavy atom. The van der Waals surface area contributed by atoms with Gasteiger partial charge in [0.1, 0.15) is 14.9 Å². The summed E-state index contributed by atoms with van der Waals surface area (Å²) in [7, 11) is 0. The number of rotatable bonds is 7. The Balaban J connectivity index is 1.38. The third kappa shape index (κ3) is 4.72. The first-order valence-corrected chi connectivity index (χ1v) is 11.1. The summed E-state index contributed by atoms with van der Waals surface area (Å²) in [6.45, 7) is 2.34. The standard InChI is InChI=1S/C22H19N3O3S2/c1-2-28-22(27)18-12-24-21(30-18)13-23-19(26)11-20-25-16-9-8-15(10-17(16)29-20)14-6-4-3-5-7-14/h3-10,12H,2,11,13H2,1H3,(H,23,26). The van der Waals surface area contributed by atoms with E-state index in [1.807, 2.05) is 30.3 Å². The van der Waals surface area contributed by atoms with Crippen molar-refractivity contribution in [1.29, 1.82) is 0 Å². The van der Waals surface area contributed by atoms with Crippen LogP contribution < -0.4 is 5.32 Å². The molecule has 0 bridgehead atoms. The molecule has 1 amide bonds. The molecule has 2 heterocycles. The van der Waals surface area contributed by atoms with Gasteiger partial charge in [-0.1, -0.05) is 36.4 Å². The van der Waals surface area contributed by atoms with Crippen molar-refractivity contribution in [3.05, 3.63) is 69.6 Å². The predicted molar refractivity (Wildman–Crippen MR) is 119 cm³/mol. The third-order valence-corrected chi connectivity index (χ3v) is 6.31. The lowest BCUT2D eigenvalue weighted by Gasteiger charge is -2.00. The van der Waals surface area contributed by atoms with Crippen molar-refractivity contribution < 1.29 is 14.3 Å². The number of hydrogen-bond acceptors (Lipinski definition) is 7. The Bertz CT molecular complexity index is 1180. The van der Waals surface area contributed by atoms with Gasteiger partial charge in [-0.2, -0.15) is 0 Å². The van der Waals surface area contributed by atoms with Crippen LogP contribution in [0, 0.1) is 0 Å². The summed E-state index contributed by atoms with van der Waals surface area (Å²) in [5, 5.41) is 4.26. The molecule has 0 aliphatic rings. The molecule has 0 spiro atoms. The lowest BCUT2D eigenvalue weighted by molar-refractivity contribution is -0.120. The Morgan fingerprint density at radius 3 is 2.67 bits per heavy atom. The fourth-order valence-electron chi connectivity index (χ4n) is 2.92. The highest BCUT2D eigenvalue weighted by molar-refractivity contribution is 7.18. The molecule has 8 heteroatoms. The van der Waals surface area contributed by atoms with Crippen molar-refractivity contribution in [1.82, 2.24) is 15.3 Å². The maximum atomic E-state index is 12.3. The molecule has 0 radical (unpaired) electrons. The Hall–Kier alpha value is -3.10. The van der Waals surface area contributed by atoms with Gasteiger partial charge in [-0.15, -0.1) is 22.7 Å². The number of esters is 1. The van der Waals surface area contributed by atoms with Crippen LogP contribution in [-0.4, -0.2) is 28.5 Å². The molecule has 1 N–H and O–H groups in total. The second-order valence-corrected chi connectivity index (χ2v) is 8.68. The average Bonchev–Trinajstić information content (AvgIpc) is 3.39. The van der Waals surface area contributed by atoms with Gasteiger partial charge in [0.15, 0.2) is 0 Å². The summed E-state index contributed by atoms with van der Waals surface area (Å²) in [6.07, 6.45) is 1.68. The van der Waals surface area contributed by atoms with Gasteiger partial charge in [0.05, 0.1) is 36.0 Å². The number of aromatic nitrogens is 2. The number of fused-ring (bicyclic) bond motifs is 1. The molecule has 0 unspecified atom stereocenters. The topological polar surface area (TPSA) is 81.2 Å². The van der Waals surface area contributed by atoms with E-state index in [4.69, 9.17) is 4.74 Å². The van der Waals surface area contributed by atoms with Crippen LogP contribution in [0.5, 0.6) is 0 Å². The molecule has 4 rings (SSSR count). The largest absolute Gasteiger partial charge is 0.462 e. The smallest absolute Gasteiger partial charge is 0.349 e. The SMILES string of the molecule is CCOC(=O)c1cnc(CNC(=O)Cc2nc3ccc(-c4ccccc4)cc3s2)s1. The number of benzene rings is 2. The van der Waals surface area contributed by atoms with E-state index in [-0.39, 0.29) is 18.9 Å². The van der Waals surface area contributed by atoms with Crippen molar-refractivity contribution in [2.24, 2.45) is 0 Å². The third-order valence-electron chi connectivity index (χ3n) is 4.32. The van der Waals surface area contributed by atoms with E-state index in [0.29, 0.717) is 16.5 Å². The molecule has 0 atom stereocenters. The average molecular weight is 438 g/mol. The Kier molecular flexibility index (Phi) is 6.15. The van der Waals surface area contributed by atoms with Crippen LogP contribution in [0.1, 0.15) is 26.6 Å². The van der Waals surface area contributed by atoms with E-state index < -0.39 is 5.97 Å². The lowest BCUT2D eigenvalue weighted by Crippen LogP contribution is -2.24. The van der Waals surface area contributed by atoms with Crippen LogP contribution in [0.15, 0.2) is 54.7 Å². The quantitative estimate of drug-likeness (QED) is 0.432. The molecule has 0 saturated carbocycles. The van der Waals surface area contributed by atoms with E-state index in [9.17, 15) is 9.59 Å². The zero-order valence-corrected chi connectivity index (χ0v) is 17.9. The number of carbonyl (C=O) groups excluding carboxylic acids is 2. The first-order valence-electron chi connectivity index (χ1n) is 9.46. The normalized spacial score (nSPS) is 10.8. The summed E-state index contributed by atoms with van der Waals surface area (Å²) in [6, 6.07) is 16.3. The van der Waals surface area contributed by atoms with Gasteiger partial charge in [0.2, 0.25) is 5.91 Å². The molecule has 4 aromatic rings. The summed E-state index contributed by atoms with van der Waals surface area (Å²) in [4.78, 5) is 33.2. The number of nitrogens with zero attached hydrogens (tertiary/aromatic N) is 2. The monoisotopic (exact) mass is 437 g/mol. The molecule has 30 heavy (non-hydrogen) atoms. The zero-order valence-electron chi connectivity index (χ0n) is 16.3. The zero-order chi connectivity index (χ0) is 20.9. The summed E-state index contributed by atoms with van der Waals surface area (Å²) in [5.41, 5.74) is 3.17. The summed E-state index contributed by atoms with van der Waals surface area (Å²) in [5.74, 6) is -0.526. The Morgan fingerprint density at radius 2 is 1.87 bits per heavy atom. The van der Waals surface area contributed by atoms with Gasteiger partial charge in [-0.25, -0.2) is 14.8 Å². The molecular formula is C22H19N3O3S2. The fourth-order valence-corrected chi connectivity index (χ4v) is 4.68. The van der Waals surface area contributed by atoms with E-state index in [2.05, 4.69) is 33.5 Å². The highest BCUT2D eigenvalue weighted by Crippen LogP contribution is 2.28. The number of thiazole rings is 2. The van der Waals surface area contributed by atoms with Crippen LogP contribution in [0.2, 0.25) is 0 Å². The molecule has 0 saturated heterocycles. The van der Waals surface area contributed by atoms with E-state index in [0.717, 1.165) is 26.4 Å². The molecule has 0 fully saturated rings. The van der Waals surface area contributed by atoms with Gasteiger partial charge in [0.25, 0.3) is 0 Å². The van der Waals surface area contributed by atoms with Gasteiger partial charge in [-0.05, 0) is 30.2 Å². The van der Waals surface area contributed by atoms with Crippen LogP contribution >= 0.6 is 22.7 Å². The van der Waals surface area contributed by atoms with Gasteiger partial charge in [0, 0.05) is 0 Å². The number of nitrogens with one attached hydrogen (secondary N) is 1. The van der Waals surface area contributed by atoms with Gasteiger partial charge < -0.3 is 10.1 Å². The van der Waals surface area contributed by atoms with Crippen molar-refractivity contribution in [2.45, 2.75) is 19.9 Å². The van der Waals surface area contributed by atoms with Crippen molar-refractivity contribution >= 4 is 44.8 Å². The molecule has 2 aromatic carbocycles. The van der Waals surface area contributed by atoms with E-state index in [1.165, 1.54) is 28.9 Å². The molecule has 0 aliphatic heterocycles. The van der Waals surface area contributed by atoms with Crippen LogP contribution in [0.25, 0.3) is 21.3 Å². The molecule has 152 valence electrons. The lowest BCUT2D eigenvalue weighted by atomic mass is 10.1.